The quantitative estimate of drug-likeness (QED) is 0.564. The lowest BCUT2D eigenvalue weighted by molar-refractivity contribution is -0.131. The zero-order valence-corrected chi connectivity index (χ0v) is 8.71. The van der Waals surface area contributed by atoms with E-state index >= 15 is 0 Å². The van der Waals surface area contributed by atoms with E-state index < -0.39 is 0 Å². The molecule has 0 heterocycles. The van der Waals surface area contributed by atoms with Crippen LogP contribution in [0.2, 0.25) is 0 Å². The van der Waals surface area contributed by atoms with E-state index in [0.717, 1.165) is 6.42 Å². The summed E-state index contributed by atoms with van der Waals surface area (Å²) in [7, 11) is 0. The summed E-state index contributed by atoms with van der Waals surface area (Å²) >= 11 is 0. The maximum absolute atomic E-state index is 12.0. The molecule has 1 nitrogen and oxygen atoms in total. The molecule has 1 fully saturated rings. The molecule has 72 valence electrons. The Morgan fingerprint density at radius 2 is 1.92 bits per heavy atom. The van der Waals surface area contributed by atoms with Gasteiger partial charge in [-0.1, -0.05) is 32.9 Å². The van der Waals surface area contributed by atoms with E-state index in [1.165, 1.54) is 6.42 Å². The van der Waals surface area contributed by atoms with Gasteiger partial charge >= 0.3 is 0 Å². The van der Waals surface area contributed by atoms with E-state index in [4.69, 9.17) is 0 Å². The molecular formula is C12H18O. The first-order chi connectivity index (χ1) is 5.98. The van der Waals surface area contributed by atoms with Crippen molar-refractivity contribution in [2.75, 3.05) is 0 Å². The molecule has 2 aliphatic rings. The zero-order chi connectivity index (χ0) is 9.64. The number of fused-ring (bicyclic) bond motifs is 2. The molecule has 0 spiro atoms. The summed E-state index contributed by atoms with van der Waals surface area (Å²) in [6.07, 6.45) is 6.88. The first-order valence-corrected chi connectivity index (χ1v) is 5.21. The first-order valence-electron chi connectivity index (χ1n) is 5.21. The van der Waals surface area contributed by atoms with Crippen LogP contribution in [0, 0.1) is 23.2 Å². The molecule has 0 aromatic heterocycles. The smallest absolute Gasteiger partial charge is 0.141 e. The lowest BCUT2D eigenvalue weighted by atomic mass is 9.77. The summed E-state index contributed by atoms with van der Waals surface area (Å²) in [5, 5.41) is 0. The summed E-state index contributed by atoms with van der Waals surface area (Å²) in [6, 6.07) is 0. The Bertz CT molecular complexity index is 257. The number of Topliss-reactive ketones (excluding diaryl/α,β-unsaturated/α-hetero) is 1. The maximum atomic E-state index is 12.0. The number of carbonyl (C=O) groups excluding carboxylic acids is 1. The molecule has 2 aliphatic carbocycles. The summed E-state index contributed by atoms with van der Waals surface area (Å²) in [6.45, 7) is 6.10. The van der Waals surface area contributed by atoms with Crippen LogP contribution >= 0.6 is 0 Å². The Morgan fingerprint density at radius 1 is 1.23 bits per heavy atom. The molecule has 1 heteroatoms. The minimum atomic E-state index is -0.150. The predicted octanol–water partition coefficient (Wildman–Crippen LogP) is 2.81. The normalized spacial score (nSPS) is 37.0. The first kappa shape index (κ1) is 8.98. The fraction of sp³-hybridized carbons (Fsp3) is 0.750. The van der Waals surface area contributed by atoms with Gasteiger partial charge in [0.2, 0.25) is 0 Å². The van der Waals surface area contributed by atoms with Crippen molar-refractivity contribution in [1.82, 2.24) is 0 Å². The largest absolute Gasteiger partial charge is 0.299 e. The van der Waals surface area contributed by atoms with Crippen LogP contribution < -0.4 is 0 Å². The molecule has 0 aliphatic heterocycles. The number of allylic oxidation sites excluding steroid dienone is 2. The van der Waals surface area contributed by atoms with E-state index in [1.54, 1.807) is 0 Å². The van der Waals surface area contributed by atoms with Gasteiger partial charge in [-0.15, -0.1) is 0 Å². The van der Waals surface area contributed by atoms with Crippen molar-refractivity contribution in [3.63, 3.8) is 0 Å². The van der Waals surface area contributed by atoms with E-state index in [2.05, 4.69) is 12.2 Å². The molecule has 2 rings (SSSR count). The maximum Gasteiger partial charge on any atom is 0.141 e. The van der Waals surface area contributed by atoms with Crippen LogP contribution in [-0.2, 0) is 4.79 Å². The fourth-order valence-electron chi connectivity index (χ4n) is 2.64. The molecule has 0 saturated heterocycles. The third-order valence-electron chi connectivity index (χ3n) is 3.35. The fourth-order valence-corrected chi connectivity index (χ4v) is 2.64. The van der Waals surface area contributed by atoms with Gasteiger partial charge in [0.25, 0.3) is 0 Å². The van der Waals surface area contributed by atoms with Crippen LogP contribution in [0.5, 0.6) is 0 Å². The van der Waals surface area contributed by atoms with Crippen molar-refractivity contribution in [1.29, 1.82) is 0 Å². The Kier molecular flexibility index (Phi) is 1.86. The van der Waals surface area contributed by atoms with Gasteiger partial charge in [0.05, 0.1) is 0 Å². The standard InChI is InChI=1S/C12H18O/c1-12(2,3)11(13)10-7-8-4-5-9(10)6-8/h4-5,8-10H,6-7H2,1-3H3. The third kappa shape index (κ3) is 1.45. The van der Waals surface area contributed by atoms with Gasteiger partial charge in [-0.3, -0.25) is 4.79 Å². The Hall–Kier alpha value is -0.590. The molecule has 0 aromatic carbocycles. The van der Waals surface area contributed by atoms with Crippen molar-refractivity contribution >= 4 is 5.78 Å². The molecule has 2 bridgehead atoms. The number of carbonyl (C=O) groups is 1. The van der Waals surface area contributed by atoms with Gasteiger partial charge in [-0.2, -0.15) is 0 Å². The van der Waals surface area contributed by atoms with Crippen LogP contribution in [0.25, 0.3) is 0 Å². The molecule has 0 radical (unpaired) electrons. The van der Waals surface area contributed by atoms with Crippen molar-refractivity contribution in [2.24, 2.45) is 23.2 Å². The topological polar surface area (TPSA) is 17.1 Å². The van der Waals surface area contributed by atoms with Crippen LogP contribution in [0.1, 0.15) is 33.6 Å². The van der Waals surface area contributed by atoms with E-state index in [-0.39, 0.29) is 5.41 Å². The molecule has 3 unspecified atom stereocenters. The van der Waals surface area contributed by atoms with Crippen molar-refractivity contribution < 1.29 is 4.79 Å². The van der Waals surface area contributed by atoms with Gasteiger partial charge < -0.3 is 0 Å². The van der Waals surface area contributed by atoms with E-state index in [9.17, 15) is 4.79 Å². The van der Waals surface area contributed by atoms with Crippen molar-refractivity contribution in [2.45, 2.75) is 33.6 Å². The molecule has 13 heavy (non-hydrogen) atoms. The van der Waals surface area contributed by atoms with Crippen LogP contribution in [-0.4, -0.2) is 5.78 Å². The van der Waals surface area contributed by atoms with Gasteiger partial charge in [-0.05, 0) is 24.7 Å². The lowest BCUT2D eigenvalue weighted by Crippen LogP contribution is -2.30. The van der Waals surface area contributed by atoms with E-state index in [0.29, 0.717) is 23.5 Å². The Balaban J connectivity index is 2.12. The minimum absolute atomic E-state index is 0.150. The van der Waals surface area contributed by atoms with Crippen LogP contribution in [0.3, 0.4) is 0 Å². The van der Waals surface area contributed by atoms with Gasteiger partial charge in [0.15, 0.2) is 0 Å². The molecule has 0 amide bonds. The summed E-state index contributed by atoms with van der Waals surface area (Å²) in [5.41, 5.74) is -0.150. The minimum Gasteiger partial charge on any atom is -0.299 e. The number of hydrogen-bond donors (Lipinski definition) is 0. The monoisotopic (exact) mass is 178 g/mol. The average Bonchev–Trinajstić information content (AvgIpc) is 2.60. The van der Waals surface area contributed by atoms with Gasteiger partial charge in [0, 0.05) is 11.3 Å². The number of hydrogen-bond acceptors (Lipinski definition) is 1. The number of ketones is 1. The molecule has 1 saturated carbocycles. The second-order valence-corrected chi connectivity index (χ2v) is 5.50. The highest BCUT2D eigenvalue weighted by atomic mass is 16.1. The van der Waals surface area contributed by atoms with E-state index in [1.807, 2.05) is 20.8 Å². The number of rotatable bonds is 1. The van der Waals surface area contributed by atoms with Gasteiger partial charge in [-0.25, -0.2) is 0 Å². The Morgan fingerprint density at radius 3 is 2.31 bits per heavy atom. The highest BCUT2D eigenvalue weighted by Gasteiger charge is 2.42. The summed E-state index contributed by atoms with van der Waals surface area (Å²) in [5.74, 6) is 2.07. The second kappa shape index (κ2) is 2.70. The molecule has 0 N–H and O–H groups in total. The van der Waals surface area contributed by atoms with Crippen molar-refractivity contribution in [3.8, 4) is 0 Å². The van der Waals surface area contributed by atoms with Crippen LogP contribution in [0.15, 0.2) is 12.2 Å². The SMILES string of the molecule is CC(C)(C)C(=O)C1CC2C=CC1C2. The second-order valence-electron chi connectivity index (χ2n) is 5.50. The highest BCUT2D eigenvalue weighted by Crippen LogP contribution is 2.45. The third-order valence-corrected chi connectivity index (χ3v) is 3.35. The van der Waals surface area contributed by atoms with Gasteiger partial charge in [0.1, 0.15) is 5.78 Å². The molecule has 3 atom stereocenters. The Labute approximate surface area is 80.2 Å². The molecule has 0 aromatic rings. The van der Waals surface area contributed by atoms with Crippen LogP contribution in [0.4, 0.5) is 0 Å². The summed E-state index contributed by atoms with van der Waals surface area (Å²) in [4.78, 5) is 12.0. The molecular weight excluding hydrogens is 160 g/mol. The van der Waals surface area contributed by atoms with Crippen molar-refractivity contribution in [3.05, 3.63) is 12.2 Å². The average molecular weight is 178 g/mol. The zero-order valence-electron chi connectivity index (χ0n) is 8.71. The predicted molar refractivity (Wildman–Crippen MR) is 53.3 cm³/mol. The lowest BCUT2D eigenvalue weighted by Gasteiger charge is -2.25. The highest BCUT2D eigenvalue weighted by molar-refractivity contribution is 5.87. The summed E-state index contributed by atoms with van der Waals surface area (Å²) < 4.78 is 0.